The molecule has 0 aliphatic carbocycles. The fourth-order valence-corrected chi connectivity index (χ4v) is 3.23. The quantitative estimate of drug-likeness (QED) is 0.738. The summed E-state index contributed by atoms with van der Waals surface area (Å²) < 4.78 is 13.1. The molecule has 0 unspecified atom stereocenters. The van der Waals surface area contributed by atoms with Gasteiger partial charge in [-0.25, -0.2) is 4.98 Å². The topological polar surface area (TPSA) is 36.3 Å². The zero-order valence-corrected chi connectivity index (χ0v) is 13.2. The molecule has 0 atom stereocenters. The Morgan fingerprint density at radius 1 is 1.00 bits per heavy atom. The van der Waals surface area contributed by atoms with Crippen LogP contribution in [0.1, 0.15) is 5.56 Å². The summed E-state index contributed by atoms with van der Waals surface area (Å²) in [5.41, 5.74) is 5.74. The number of hydrogen-bond donors (Lipinski definition) is 0. The minimum atomic E-state index is 0.750. The second-order valence-electron chi connectivity index (χ2n) is 5.62. The summed E-state index contributed by atoms with van der Waals surface area (Å²) in [4.78, 5) is 4.66. The normalized spacial score (nSPS) is 12.4. The summed E-state index contributed by atoms with van der Waals surface area (Å²) in [6, 6.07) is 14.4. The van der Waals surface area contributed by atoms with E-state index in [1.807, 2.05) is 24.5 Å². The molecule has 0 fully saturated rings. The van der Waals surface area contributed by atoms with Crippen LogP contribution in [0.2, 0.25) is 0 Å². The highest BCUT2D eigenvalue weighted by molar-refractivity contribution is 5.82. The van der Waals surface area contributed by atoms with Gasteiger partial charge in [0.15, 0.2) is 11.5 Å². The van der Waals surface area contributed by atoms with Crippen LogP contribution in [-0.2, 0) is 13.0 Å². The van der Waals surface area contributed by atoms with Crippen LogP contribution in [0.5, 0.6) is 11.5 Å². The molecule has 3 aromatic rings. The molecule has 2 heterocycles. The smallest absolute Gasteiger partial charge is 0.161 e. The average molecular weight is 306 g/mol. The van der Waals surface area contributed by atoms with Gasteiger partial charge in [0.05, 0.1) is 31.9 Å². The molecule has 4 nitrogen and oxygen atoms in total. The van der Waals surface area contributed by atoms with E-state index in [-0.39, 0.29) is 0 Å². The Morgan fingerprint density at radius 2 is 1.74 bits per heavy atom. The number of imidazole rings is 1. The lowest BCUT2D eigenvalue weighted by atomic mass is 9.94. The highest BCUT2D eigenvalue weighted by atomic mass is 16.5. The van der Waals surface area contributed by atoms with Crippen LogP contribution >= 0.6 is 0 Å². The van der Waals surface area contributed by atoms with Crippen molar-refractivity contribution in [2.45, 2.75) is 13.0 Å². The van der Waals surface area contributed by atoms with E-state index in [4.69, 9.17) is 9.47 Å². The third-order valence-corrected chi connectivity index (χ3v) is 4.37. The third kappa shape index (κ3) is 2.18. The van der Waals surface area contributed by atoms with E-state index in [1.54, 1.807) is 14.2 Å². The molecule has 4 heteroatoms. The lowest BCUT2D eigenvalue weighted by Crippen LogP contribution is -2.10. The van der Waals surface area contributed by atoms with Crippen LogP contribution in [0.3, 0.4) is 0 Å². The maximum absolute atomic E-state index is 5.48. The van der Waals surface area contributed by atoms with Crippen LogP contribution in [0.15, 0.2) is 48.8 Å². The van der Waals surface area contributed by atoms with Gasteiger partial charge in [-0.3, -0.25) is 0 Å². The van der Waals surface area contributed by atoms with E-state index < -0.39 is 0 Å². The molecule has 0 bridgehead atoms. The number of rotatable bonds is 3. The van der Waals surface area contributed by atoms with Gasteiger partial charge in [0.1, 0.15) is 0 Å². The molecule has 4 rings (SSSR count). The molecule has 2 aromatic carbocycles. The predicted octanol–water partition coefficient (Wildman–Crippen LogP) is 3.79. The van der Waals surface area contributed by atoms with E-state index in [0.717, 1.165) is 41.4 Å². The van der Waals surface area contributed by atoms with Gasteiger partial charge < -0.3 is 14.0 Å². The van der Waals surface area contributed by atoms with Gasteiger partial charge in [-0.05, 0) is 24.1 Å². The molecule has 0 spiro atoms. The molecular weight excluding hydrogens is 288 g/mol. The number of aromatic nitrogens is 2. The molecular formula is C19H18N2O2. The molecule has 0 radical (unpaired) electrons. The van der Waals surface area contributed by atoms with Crippen molar-refractivity contribution in [1.29, 1.82) is 0 Å². The molecule has 1 aliphatic heterocycles. The number of nitrogens with zero attached hydrogens (tertiary/aromatic N) is 2. The highest BCUT2D eigenvalue weighted by Gasteiger charge is 2.23. The van der Waals surface area contributed by atoms with Gasteiger partial charge in [0.2, 0.25) is 0 Å². The number of benzene rings is 2. The van der Waals surface area contributed by atoms with Crippen molar-refractivity contribution < 1.29 is 9.47 Å². The molecule has 0 amide bonds. The summed E-state index contributed by atoms with van der Waals surface area (Å²) in [7, 11) is 3.34. The summed E-state index contributed by atoms with van der Waals surface area (Å²) in [6.07, 6.45) is 2.89. The zero-order chi connectivity index (χ0) is 15.8. The van der Waals surface area contributed by atoms with Crippen LogP contribution < -0.4 is 9.47 Å². The van der Waals surface area contributed by atoms with E-state index in [1.165, 1.54) is 11.1 Å². The Bertz CT molecular complexity index is 853. The third-order valence-electron chi connectivity index (χ3n) is 4.37. The van der Waals surface area contributed by atoms with Gasteiger partial charge in [-0.15, -0.1) is 0 Å². The number of ether oxygens (including phenoxy) is 2. The summed E-state index contributed by atoms with van der Waals surface area (Å²) in [5, 5.41) is 0. The second-order valence-corrected chi connectivity index (χ2v) is 5.62. The van der Waals surface area contributed by atoms with Crippen molar-refractivity contribution in [3.05, 3.63) is 54.4 Å². The molecule has 0 N–H and O–H groups in total. The Morgan fingerprint density at radius 3 is 2.48 bits per heavy atom. The first-order valence-corrected chi connectivity index (χ1v) is 7.67. The van der Waals surface area contributed by atoms with Crippen molar-refractivity contribution in [1.82, 2.24) is 9.55 Å². The van der Waals surface area contributed by atoms with Gasteiger partial charge in [0.25, 0.3) is 0 Å². The first kappa shape index (κ1) is 13.9. The Hall–Kier alpha value is -2.75. The second kappa shape index (κ2) is 5.47. The van der Waals surface area contributed by atoms with E-state index in [0.29, 0.717) is 0 Å². The standard InChI is InChI=1S/C19H18N2O2/c1-22-16-10-14-8-9-21-12-20-18(13-6-4-3-5-7-13)19(21)15(14)11-17(16)23-2/h3-7,10-12H,8-9H2,1-2H3. The SMILES string of the molecule is COc1cc2c(cc1OC)-c1c(-c3ccccc3)ncn1CC2. The van der Waals surface area contributed by atoms with Crippen LogP contribution in [0.4, 0.5) is 0 Å². The van der Waals surface area contributed by atoms with Gasteiger partial charge in [-0.1, -0.05) is 30.3 Å². The van der Waals surface area contributed by atoms with Crippen molar-refractivity contribution >= 4 is 0 Å². The van der Waals surface area contributed by atoms with Crippen LogP contribution in [0.25, 0.3) is 22.5 Å². The van der Waals surface area contributed by atoms with Gasteiger partial charge in [-0.2, -0.15) is 0 Å². The maximum Gasteiger partial charge on any atom is 0.161 e. The van der Waals surface area contributed by atoms with Crippen LogP contribution in [0, 0.1) is 0 Å². The average Bonchev–Trinajstić information content (AvgIpc) is 3.05. The number of fused-ring (bicyclic) bond motifs is 3. The molecule has 23 heavy (non-hydrogen) atoms. The first-order valence-electron chi connectivity index (χ1n) is 7.67. The maximum atomic E-state index is 5.48. The number of hydrogen-bond acceptors (Lipinski definition) is 3. The number of methoxy groups -OCH3 is 2. The lowest BCUT2D eigenvalue weighted by Gasteiger charge is -2.22. The van der Waals surface area contributed by atoms with Crippen LogP contribution in [-0.4, -0.2) is 23.8 Å². The Balaban J connectivity index is 1.94. The molecule has 0 saturated carbocycles. The van der Waals surface area contributed by atoms with E-state index >= 15 is 0 Å². The van der Waals surface area contributed by atoms with Crippen molar-refractivity contribution in [2.75, 3.05) is 14.2 Å². The first-order chi connectivity index (χ1) is 11.3. The summed E-state index contributed by atoms with van der Waals surface area (Å²) >= 11 is 0. The van der Waals surface area contributed by atoms with Crippen molar-refractivity contribution in [2.24, 2.45) is 0 Å². The van der Waals surface area contributed by atoms with E-state index in [9.17, 15) is 0 Å². The zero-order valence-electron chi connectivity index (χ0n) is 13.2. The predicted molar refractivity (Wildman–Crippen MR) is 89.9 cm³/mol. The monoisotopic (exact) mass is 306 g/mol. The molecule has 1 aromatic heterocycles. The molecule has 0 saturated heterocycles. The molecule has 1 aliphatic rings. The number of aryl methyl sites for hydroxylation is 2. The van der Waals surface area contributed by atoms with E-state index in [2.05, 4.69) is 33.8 Å². The fourth-order valence-electron chi connectivity index (χ4n) is 3.23. The van der Waals surface area contributed by atoms with Crippen molar-refractivity contribution in [3.8, 4) is 34.0 Å². The minimum Gasteiger partial charge on any atom is -0.493 e. The lowest BCUT2D eigenvalue weighted by molar-refractivity contribution is 0.354. The minimum absolute atomic E-state index is 0.750. The van der Waals surface area contributed by atoms with Gasteiger partial charge in [0, 0.05) is 17.7 Å². The largest absolute Gasteiger partial charge is 0.493 e. The Labute approximate surface area is 135 Å². The fraction of sp³-hybridized carbons (Fsp3) is 0.211. The van der Waals surface area contributed by atoms with Gasteiger partial charge >= 0.3 is 0 Å². The summed E-state index contributed by atoms with van der Waals surface area (Å²) in [5.74, 6) is 1.53. The molecule has 116 valence electrons. The summed E-state index contributed by atoms with van der Waals surface area (Å²) in [6.45, 7) is 0.928. The Kier molecular flexibility index (Phi) is 3.30. The van der Waals surface area contributed by atoms with Crippen molar-refractivity contribution in [3.63, 3.8) is 0 Å². The highest BCUT2D eigenvalue weighted by Crippen LogP contribution is 2.41.